The van der Waals surface area contributed by atoms with Crippen molar-refractivity contribution in [3.8, 4) is 0 Å². The van der Waals surface area contributed by atoms with Gasteiger partial charge in [-0.25, -0.2) is 0 Å². The summed E-state index contributed by atoms with van der Waals surface area (Å²) in [6.45, 7) is 2.03. The second-order valence-electron chi connectivity index (χ2n) is 2.88. The molecule has 2 rings (SSSR count). The highest BCUT2D eigenvalue weighted by Gasteiger charge is 2.16. The van der Waals surface area contributed by atoms with Crippen LogP contribution in [0.1, 0.15) is 11.1 Å². The van der Waals surface area contributed by atoms with Crippen molar-refractivity contribution in [3.05, 3.63) is 35.4 Å². The summed E-state index contributed by atoms with van der Waals surface area (Å²) < 4.78 is 0. The van der Waals surface area contributed by atoms with Gasteiger partial charge in [-0.15, -0.1) is 11.6 Å². The molecule has 0 amide bonds. The van der Waals surface area contributed by atoms with Gasteiger partial charge in [-0.3, -0.25) is 4.90 Å². The maximum Gasteiger partial charge on any atom is 0.0744 e. The smallest absolute Gasteiger partial charge is 0.0744 e. The second kappa shape index (κ2) is 2.84. The molecule has 1 aromatic rings. The Morgan fingerprint density at radius 1 is 1.18 bits per heavy atom. The van der Waals surface area contributed by atoms with E-state index in [1.54, 1.807) is 0 Å². The lowest BCUT2D eigenvalue weighted by Gasteiger charge is -2.07. The minimum absolute atomic E-state index is 0.634. The highest BCUT2D eigenvalue weighted by Crippen LogP contribution is 2.21. The number of halogens is 1. The van der Waals surface area contributed by atoms with Crippen LogP contribution in [-0.2, 0) is 13.1 Å². The molecule has 0 fully saturated rings. The van der Waals surface area contributed by atoms with Crippen LogP contribution in [0.25, 0.3) is 0 Å². The Bertz CT molecular complexity index is 234. The zero-order chi connectivity index (χ0) is 7.68. The first-order valence-electron chi connectivity index (χ1n) is 3.75. The molecule has 11 heavy (non-hydrogen) atoms. The van der Waals surface area contributed by atoms with E-state index >= 15 is 0 Å². The molecular weight excluding hydrogens is 158 g/mol. The first-order valence-corrected chi connectivity index (χ1v) is 4.28. The van der Waals surface area contributed by atoms with Crippen LogP contribution in [-0.4, -0.2) is 10.9 Å². The lowest BCUT2D eigenvalue weighted by molar-refractivity contribution is 0.334. The number of benzene rings is 1. The molecule has 1 aliphatic heterocycles. The van der Waals surface area contributed by atoms with Crippen LogP contribution in [0.2, 0.25) is 0 Å². The maximum absolute atomic E-state index is 5.72. The van der Waals surface area contributed by atoms with Crippen LogP contribution >= 0.6 is 11.6 Å². The summed E-state index contributed by atoms with van der Waals surface area (Å²) in [5, 5.41) is 0. The van der Waals surface area contributed by atoms with Gasteiger partial charge in [0.2, 0.25) is 0 Å². The van der Waals surface area contributed by atoms with Gasteiger partial charge in [0, 0.05) is 13.1 Å². The van der Waals surface area contributed by atoms with E-state index in [0.29, 0.717) is 6.00 Å². The van der Waals surface area contributed by atoms with Gasteiger partial charge in [0.15, 0.2) is 0 Å². The number of hydrogen-bond donors (Lipinski definition) is 0. The highest BCUT2D eigenvalue weighted by molar-refractivity contribution is 6.17. The predicted molar refractivity (Wildman–Crippen MR) is 46.4 cm³/mol. The molecule has 1 aromatic carbocycles. The molecule has 0 saturated carbocycles. The van der Waals surface area contributed by atoms with E-state index in [2.05, 4.69) is 29.2 Å². The zero-order valence-electron chi connectivity index (χ0n) is 6.26. The Labute approximate surface area is 71.6 Å². The Morgan fingerprint density at radius 2 is 1.73 bits per heavy atom. The number of fused-ring (bicyclic) bond motifs is 1. The van der Waals surface area contributed by atoms with Crippen molar-refractivity contribution in [2.45, 2.75) is 13.1 Å². The van der Waals surface area contributed by atoms with Gasteiger partial charge in [-0.1, -0.05) is 24.3 Å². The summed E-state index contributed by atoms with van der Waals surface area (Å²) in [5.74, 6) is 0. The molecule has 0 saturated heterocycles. The van der Waals surface area contributed by atoms with Gasteiger partial charge in [0.1, 0.15) is 0 Å². The Balaban J connectivity index is 2.27. The standard InChI is InChI=1S/C9H10ClN/c10-7-11-5-8-3-1-2-4-9(8)6-11/h1-4H,5-7H2. The van der Waals surface area contributed by atoms with Crippen LogP contribution in [0, 0.1) is 0 Å². The van der Waals surface area contributed by atoms with E-state index in [4.69, 9.17) is 11.6 Å². The van der Waals surface area contributed by atoms with Crippen molar-refractivity contribution in [2.75, 3.05) is 6.00 Å². The number of alkyl halides is 1. The van der Waals surface area contributed by atoms with Crippen molar-refractivity contribution >= 4 is 11.6 Å². The molecule has 0 atom stereocenters. The summed E-state index contributed by atoms with van der Waals surface area (Å²) in [7, 11) is 0. The van der Waals surface area contributed by atoms with E-state index in [9.17, 15) is 0 Å². The van der Waals surface area contributed by atoms with Crippen LogP contribution in [0.3, 0.4) is 0 Å². The van der Waals surface area contributed by atoms with Crippen molar-refractivity contribution in [1.82, 2.24) is 4.90 Å². The quantitative estimate of drug-likeness (QED) is 0.458. The number of rotatable bonds is 1. The third-order valence-electron chi connectivity index (χ3n) is 2.08. The maximum atomic E-state index is 5.72. The van der Waals surface area contributed by atoms with E-state index in [1.165, 1.54) is 11.1 Å². The molecule has 2 heteroatoms. The number of hydrogen-bond acceptors (Lipinski definition) is 1. The van der Waals surface area contributed by atoms with E-state index in [-0.39, 0.29) is 0 Å². The van der Waals surface area contributed by atoms with Crippen LogP contribution in [0.4, 0.5) is 0 Å². The largest absolute Gasteiger partial charge is 0.281 e. The van der Waals surface area contributed by atoms with Crippen molar-refractivity contribution < 1.29 is 0 Å². The normalized spacial score (nSPS) is 16.8. The van der Waals surface area contributed by atoms with Gasteiger partial charge in [0.05, 0.1) is 6.00 Å². The van der Waals surface area contributed by atoms with Gasteiger partial charge in [-0.05, 0) is 11.1 Å². The summed E-state index contributed by atoms with van der Waals surface area (Å²) >= 11 is 5.72. The summed E-state index contributed by atoms with van der Waals surface area (Å²) in [6, 6.07) is 9.13. The minimum Gasteiger partial charge on any atom is -0.281 e. The van der Waals surface area contributed by atoms with Crippen molar-refractivity contribution in [1.29, 1.82) is 0 Å². The van der Waals surface area contributed by atoms with Gasteiger partial charge in [-0.2, -0.15) is 0 Å². The Morgan fingerprint density at radius 3 is 2.18 bits per heavy atom. The molecule has 0 bridgehead atoms. The molecule has 0 unspecified atom stereocenters. The van der Waals surface area contributed by atoms with Crippen LogP contribution in [0.15, 0.2) is 24.3 Å². The molecule has 0 radical (unpaired) electrons. The molecule has 0 aromatic heterocycles. The molecule has 1 nitrogen and oxygen atoms in total. The third kappa shape index (κ3) is 1.26. The SMILES string of the molecule is ClCN1Cc2ccccc2C1. The summed E-state index contributed by atoms with van der Waals surface area (Å²) in [4.78, 5) is 2.21. The second-order valence-corrected chi connectivity index (χ2v) is 3.11. The van der Waals surface area contributed by atoms with Crippen LogP contribution < -0.4 is 0 Å². The zero-order valence-corrected chi connectivity index (χ0v) is 7.01. The fraction of sp³-hybridized carbons (Fsp3) is 0.333. The molecule has 0 N–H and O–H groups in total. The van der Waals surface area contributed by atoms with E-state index in [0.717, 1.165) is 13.1 Å². The average molecular weight is 168 g/mol. The highest BCUT2D eigenvalue weighted by atomic mass is 35.5. The summed E-state index contributed by atoms with van der Waals surface area (Å²) in [5.41, 5.74) is 2.85. The lowest BCUT2D eigenvalue weighted by atomic mass is 10.1. The molecule has 1 heterocycles. The first kappa shape index (κ1) is 7.14. The molecule has 58 valence electrons. The van der Waals surface area contributed by atoms with Gasteiger partial charge >= 0.3 is 0 Å². The fourth-order valence-corrected chi connectivity index (χ4v) is 1.66. The van der Waals surface area contributed by atoms with Gasteiger partial charge < -0.3 is 0 Å². The lowest BCUT2D eigenvalue weighted by Crippen LogP contribution is -2.12. The average Bonchev–Trinajstić information content (AvgIpc) is 2.46. The molecule has 0 spiro atoms. The minimum atomic E-state index is 0.634. The predicted octanol–water partition coefficient (Wildman–Crippen LogP) is 2.20. The molecule has 1 aliphatic rings. The Hall–Kier alpha value is -0.530. The first-order chi connectivity index (χ1) is 5.40. The van der Waals surface area contributed by atoms with Crippen LogP contribution in [0.5, 0.6) is 0 Å². The molecular formula is C9H10ClN. The third-order valence-corrected chi connectivity index (χ3v) is 2.41. The Kier molecular flexibility index (Phi) is 1.84. The fourth-order valence-electron chi connectivity index (χ4n) is 1.49. The van der Waals surface area contributed by atoms with E-state index in [1.807, 2.05) is 0 Å². The topological polar surface area (TPSA) is 3.24 Å². The van der Waals surface area contributed by atoms with Gasteiger partial charge in [0.25, 0.3) is 0 Å². The van der Waals surface area contributed by atoms with Crippen molar-refractivity contribution in [2.24, 2.45) is 0 Å². The van der Waals surface area contributed by atoms with E-state index < -0.39 is 0 Å². The monoisotopic (exact) mass is 167 g/mol. The number of nitrogens with zero attached hydrogens (tertiary/aromatic N) is 1. The summed E-state index contributed by atoms with van der Waals surface area (Å²) in [6.07, 6.45) is 0. The van der Waals surface area contributed by atoms with Crippen molar-refractivity contribution in [3.63, 3.8) is 0 Å². The molecule has 0 aliphatic carbocycles.